The van der Waals surface area contributed by atoms with Crippen molar-refractivity contribution in [1.82, 2.24) is 4.90 Å². The van der Waals surface area contributed by atoms with Gasteiger partial charge >= 0.3 is 6.09 Å². The van der Waals surface area contributed by atoms with Crippen LogP contribution in [0.1, 0.15) is 18.4 Å². The van der Waals surface area contributed by atoms with Gasteiger partial charge < -0.3 is 14.6 Å². The van der Waals surface area contributed by atoms with Crippen LogP contribution in [0.2, 0.25) is 0 Å². The molecule has 1 aromatic carbocycles. The van der Waals surface area contributed by atoms with Gasteiger partial charge in [-0.25, -0.2) is 4.79 Å². The minimum absolute atomic E-state index is 0.263. The molecule has 5 nitrogen and oxygen atoms in total. The highest BCUT2D eigenvalue weighted by molar-refractivity contribution is 5.70. The van der Waals surface area contributed by atoms with Crippen molar-refractivity contribution in [2.45, 2.75) is 31.1 Å². The molecular weight excluding hydrogens is 258 g/mol. The molecule has 3 rings (SSSR count). The fraction of sp³-hybridized carbons (Fsp3) is 0.533. The maximum absolute atomic E-state index is 12.2. The number of nitrogens with zero attached hydrogens (tertiary/aromatic N) is 1. The molecule has 108 valence electrons. The van der Waals surface area contributed by atoms with Crippen molar-refractivity contribution in [3.63, 3.8) is 0 Å². The summed E-state index contributed by atoms with van der Waals surface area (Å²) in [4.78, 5) is 13.8. The SMILES string of the molecule is O=C(OCc1ccccc1)N1CC(O)C12CCOCC2. The molecule has 0 aromatic heterocycles. The highest BCUT2D eigenvalue weighted by Gasteiger charge is 2.56. The van der Waals surface area contributed by atoms with Gasteiger partial charge in [0.25, 0.3) is 0 Å². The van der Waals surface area contributed by atoms with E-state index in [9.17, 15) is 9.90 Å². The second-order valence-electron chi connectivity index (χ2n) is 5.38. The summed E-state index contributed by atoms with van der Waals surface area (Å²) in [6.07, 6.45) is 0.542. The summed E-state index contributed by atoms with van der Waals surface area (Å²) >= 11 is 0. The fourth-order valence-electron chi connectivity index (χ4n) is 2.97. The summed E-state index contributed by atoms with van der Waals surface area (Å²) in [5.41, 5.74) is 0.495. The van der Waals surface area contributed by atoms with E-state index in [1.54, 1.807) is 4.90 Å². The van der Waals surface area contributed by atoms with Gasteiger partial charge in [0, 0.05) is 13.2 Å². The van der Waals surface area contributed by atoms with Gasteiger partial charge in [-0.05, 0) is 18.4 Å². The largest absolute Gasteiger partial charge is 0.445 e. The lowest BCUT2D eigenvalue weighted by Crippen LogP contribution is -2.73. The number of rotatable bonds is 2. The second-order valence-corrected chi connectivity index (χ2v) is 5.38. The summed E-state index contributed by atoms with van der Waals surface area (Å²) < 4.78 is 10.7. The zero-order valence-electron chi connectivity index (χ0n) is 11.3. The molecule has 0 radical (unpaired) electrons. The molecule has 0 bridgehead atoms. The number of ether oxygens (including phenoxy) is 2. The van der Waals surface area contributed by atoms with Gasteiger partial charge in [-0.3, -0.25) is 4.90 Å². The van der Waals surface area contributed by atoms with E-state index in [4.69, 9.17) is 9.47 Å². The number of amides is 1. The molecule has 2 aliphatic heterocycles. The fourth-order valence-corrected chi connectivity index (χ4v) is 2.97. The van der Waals surface area contributed by atoms with Crippen LogP contribution < -0.4 is 0 Å². The van der Waals surface area contributed by atoms with E-state index in [2.05, 4.69) is 0 Å². The molecule has 0 saturated carbocycles. The summed E-state index contributed by atoms with van der Waals surface area (Å²) in [5, 5.41) is 10.0. The molecule has 1 unspecified atom stereocenters. The molecule has 2 heterocycles. The number of carbonyl (C=O) groups is 1. The first-order valence-electron chi connectivity index (χ1n) is 6.96. The molecule has 1 N–H and O–H groups in total. The zero-order chi connectivity index (χ0) is 14.0. The molecule has 2 saturated heterocycles. The molecule has 1 spiro atoms. The average Bonchev–Trinajstić information content (AvgIpc) is 2.52. The normalized spacial score (nSPS) is 24.2. The molecule has 2 aliphatic rings. The molecule has 1 aromatic rings. The molecule has 1 amide bonds. The minimum Gasteiger partial charge on any atom is -0.445 e. The van der Waals surface area contributed by atoms with Gasteiger partial charge in [0.15, 0.2) is 0 Å². The van der Waals surface area contributed by atoms with Crippen LogP contribution in [0, 0.1) is 0 Å². The number of aliphatic hydroxyl groups excluding tert-OH is 1. The van der Waals surface area contributed by atoms with Crippen molar-refractivity contribution in [2.24, 2.45) is 0 Å². The van der Waals surface area contributed by atoms with Gasteiger partial charge in [-0.1, -0.05) is 30.3 Å². The molecular formula is C15H19NO4. The lowest BCUT2D eigenvalue weighted by atomic mass is 9.76. The third-order valence-corrected chi connectivity index (χ3v) is 4.30. The van der Waals surface area contributed by atoms with Crippen LogP contribution in [0.25, 0.3) is 0 Å². The van der Waals surface area contributed by atoms with Gasteiger partial charge in [0.05, 0.1) is 18.2 Å². The average molecular weight is 277 g/mol. The van der Waals surface area contributed by atoms with Gasteiger partial charge in [-0.2, -0.15) is 0 Å². The molecule has 2 fully saturated rings. The monoisotopic (exact) mass is 277 g/mol. The van der Waals surface area contributed by atoms with Gasteiger partial charge in [-0.15, -0.1) is 0 Å². The minimum atomic E-state index is -0.466. The number of β-amino-alcohol motifs (C(OH)–C–C–N with tert-alkyl or cyclic N) is 1. The number of benzene rings is 1. The predicted octanol–water partition coefficient (Wildman–Crippen LogP) is 1.55. The first-order valence-corrected chi connectivity index (χ1v) is 6.96. The van der Waals surface area contributed by atoms with E-state index in [-0.39, 0.29) is 12.7 Å². The zero-order valence-corrected chi connectivity index (χ0v) is 11.3. The van der Waals surface area contributed by atoms with Crippen molar-refractivity contribution in [2.75, 3.05) is 19.8 Å². The number of carbonyl (C=O) groups excluding carboxylic acids is 1. The molecule has 5 heteroatoms. The third kappa shape index (κ3) is 2.27. The first-order chi connectivity index (χ1) is 9.72. The van der Waals surface area contributed by atoms with Crippen LogP contribution in [0.3, 0.4) is 0 Å². The van der Waals surface area contributed by atoms with E-state index < -0.39 is 11.6 Å². The van der Waals surface area contributed by atoms with Crippen LogP contribution >= 0.6 is 0 Å². The quantitative estimate of drug-likeness (QED) is 0.891. The van der Waals surface area contributed by atoms with E-state index in [1.165, 1.54) is 0 Å². The Kier molecular flexibility index (Phi) is 3.63. The standard InChI is InChI=1S/C15H19NO4/c17-13-10-16(15(13)6-8-19-9-7-15)14(18)20-11-12-4-2-1-3-5-12/h1-5,13,17H,6-11H2. The Bertz CT molecular complexity index is 470. The number of likely N-dealkylation sites (tertiary alicyclic amines) is 1. The molecule has 1 atom stereocenters. The van der Waals surface area contributed by atoms with E-state index in [0.29, 0.717) is 32.6 Å². The lowest BCUT2D eigenvalue weighted by Gasteiger charge is -2.57. The number of hydrogen-bond donors (Lipinski definition) is 1. The number of hydrogen-bond acceptors (Lipinski definition) is 4. The Balaban J connectivity index is 1.60. The van der Waals surface area contributed by atoms with Crippen molar-refractivity contribution < 1.29 is 19.4 Å². The van der Waals surface area contributed by atoms with Crippen LogP contribution in [0.4, 0.5) is 4.79 Å². The van der Waals surface area contributed by atoms with Crippen molar-refractivity contribution in [3.05, 3.63) is 35.9 Å². The number of aliphatic hydroxyl groups is 1. The Morgan fingerprint density at radius 2 is 2.05 bits per heavy atom. The summed E-state index contributed by atoms with van der Waals surface area (Å²) in [6.45, 7) is 1.78. The summed E-state index contributed by atoms with van der Waals surface area (Å²) in [7, 11) is 0. The summed E-state index contributed by atoms with van der Waals surface area (Å²) in [6, 6.07) is 9.59. The van der Waals surface area contributed by atoms with Crippen molar-refractivity contribution >= 4 is 6.09 Å². The van der Waals surface area contributed by atoms with Crippen LogP contribution in [0.15, 0.2) is 30.3 Å². The maximum Gasteiger partial charge on any atom is 0.410 e. The molecule has 0 aliphatic carbocycles. The van der Waals surface area contributed by atoms with Gasteiger partial charge in [0.1, 0.15) is 6.61 Å². The summed E-state index contributed by atoms with van der Waals surface area (Å²) in [5.74, 6) is 0. The van der Waals surface area contributed by atoms with E-state index >= 15 is 0 Å². The lowest BCUT2D eigenvalue weighted by molar-refractivity contribution is -0.161. The molecule has 20 heavy (non-hydrogen) atoms. The highest BCUT2D eigenvalue weighted by atomic mass is 16.6. The Morgan fingerprint density at radius 1 is 1.35 bits per heavy atom. The van der Waals surface area contributed by atoms with Gasteiger partial charge in [0.2, 0.25) is 0 Å². The van der Waals surface area contributed by atoms with E-state index in [0.717, 1.165) is 5.56 Å². The Labute approximate surface area is 118 Å². The Hall–Kier alpha value is -1.59. The van der Waals surface area contributed by atoms with Crippen LogP contribution in [0.5, 0.6) is 0 Å². The van der Waals surface area contributed by atoms with Crippen molar-refractivity contribution in [1.29, 1.82) is 0 Å². The second kappa shape index (κ2) is 5.42. The smallest absolute Gasteiger partial charge is 0.410 e. The van der Waals surface area contributed by atoms with Crippen LogP contribution in [-0.2, 0) is 16.1 Å². The third-order valence-electron chi connectivity index (χ3n) is 4.30. The topological polar surface area (TPSA) is 59.0 Å². The van der Waals surface area contributed by atoms with E-state index in [1.807, 2.05) is 30.3 Å². The van der Waals surface area contributed by atoms with Crippen molar-refractivity contribution in [3.8, 4) is 0 Å². The first kappa shape index (κ1) is 13.4. The highest BCUT2D eigenvalue weighted by Crippen LogP contribution is 2.40. The maximum atomic E-state index is 12.2. The predicted molar refractivity (Wildman–Crippen MR) is 72.1 cm³/mol. The Morgan fingerprint density at radius 3 is 2.70 bits per heavy atom. The van der Waals surface area contributed by atoms with Crippen LogP contribution in [-0.4, -0.2) is 47.5 Å².